The molecule has 0 aliphatic rings. The molecule has 6 heteroatoms. The van der Waals surface area contributed by atoms with Crippen LogP contribution in [0.3, 0.4) is 0 Å². The normalized spacial score (nSPS) is 12.0. The predicted octanol–water partition coefficient (Wildman–Crippen LogP) is 3.08. The summed E-state index contributed by atoms with van der Waals surface area (Å²) in [6.07, 6.45) is 0. The average molecular weight is 260 g/mol. The molecule has 0 unspecified atom stereocenters. The summed E-state index contributed by atoms with van der Waals surface area (Å²) >= 11 is 8.50. The molecule has 0 aliphatic heterocycles. The van der Waals surface area contributed by atoms with Crippen molar-refractivity contribution in [1.82, 2.24) is 0 Å². The first-order chi connectivity index (χ1) is 7.22. The topological polar surface area (TPSA) is 38.7 Å². The SMILES string of the molecule is CO/N=C(/C(=O)Cl)c1cc2sccc2s1. The molecule has 3 nitrogen and oxygen atoms in total. The van der Waals surface area contributed by atoms with E-state index in [1.54, 1.807) is 11.3 Å². The molecule has 0 saturated carbocycles. The smallest absolute Gasteiger partial charge is 0.275 e. The Kier molecular flexibility index (Phi) is 3.04. The van der Waals surface area contributed by atoms with Crippen molar-refractivity contribution < 1.29 is 9.63 Å². The van der Waals surface area contributed by atoms with Crippen LogP contribution in [0.4, 0.5) is 0 Å². The van der Waals surface area contributed by atoms with Crippen LogP contribution in [0.2, 0.25) is 0 Å². The fraction of sp³-hybridized carbons (Fsp3) is 0.111. The maximum Gasteiger partial charge on any atom is 0.275 e. The zero-order chi connectivity index (χ0) is 10.8. The minimum Gasteiger partial charge on any atom is -0.398 e. The Balaban J connectivity index is 2.48. The van der Waals surface area contributed by atoms with Gasteiger partial charge in [0.15, 0.2) is 5.71 Å². The number of carbonyl (C=O) groups excluding carboxylic acids is 1. The summed E-state index contributed by atoms with van der Waals surface area (Å²) in [6.45, 7) is 0. The zero-order valence-electron chi connectivity index (χ0n) is 7.69. The first-order valence-corrected chi connectivity index (χ1v) is 6.08. The highest BCUT2D eigenvalue weighted by atomic mass is 35.5. The average Bonchev–Trinajstić information content (AvgIpc) is 2.72. The van der Waals surface area contributed by atoms with Crippen molar-refractivity contribution in [3.05, 3.63) is 22.4 Å². The first-order valence-electron chi connectivity index (χ1n) is 4.00. The van der Waals surface area contributed by atoms with Gasteiger partial charge in [-0.2, -0.15) is 0 Å². The van der Waals surface area contributed by atoms with Crippen LogP contribution in [0.15, 0.2) is 22.7 Å². The number of hydrogen-bond donors (Lipinski definition) is 0. The summed E-state index contributed by atoms with van der Waals surface area (Å²) in [5, 5.41) is 5.01. The number of thiophene rings is 2. The lowest BCUT2D eigenvalue weighted by molar-refractivity contribution is -0.106. The Morgan fingerprint density at radius 3 is 2.93 bits per heavy atom. The van der Waals surface area contributed by atoms with Gasteiger partial charge < -0.3 is 4.84 Å². The fourth-order valence-corrected chi connectivity index (χ4v) is 3.43. The van der Waals surface area contributed by atoms with Gasteiger partial charge in [-0.3, -0.25) is 4.79 Å². The van der Waals surface area contributed by atoms with Crippen molar-refractivity contribution in [3.8, 4) is 0 Å². The van der Waals surface area contributed by atoms with E-state index in [0.717, 1.165) is 14.3 Å². The molecule has 0 fully saturated rings. The lowest BCUT2D eigenvalue weighted by Gasteiger charge is -1.94. The van der Waals surface area contributed by atoms with E-state index < -0.39 is 5.24 Å². The number of halogens is 1. The van der Waals surface area contributed by atoms with Gasteiger partial charge in [0, 0.05) is 9.40 Å². The van der Waals surface area contributed by atoms with Gasteiger partial charge >= 0.3 is 0 Å². The van der Waals surface area contributed by atoms with Crippen LogP contribution < -0.4 is 0 Å². The number of carbonyl (C=O) groups is 1. The Morgan fingerprint density at radius 2 is 2.33 bits per heavy atom. The van der Waals surface area contributed by atoms with Gasteiger partial charge in [0.1, 0.15) is 7.11 Å². The predicted molar refractivity (Wildman–Crippen MR) is 64.1 cm³/mol. The molecule has 15 heavy (non-hydrogen) atoms. The van der Waals surface area contributed by atoms with Crippen LogP contribution >= 0.6 is 34.3 Å². The number of rotatable bonds is 3. The molecule has 0 amide bonds. The lowest BCUT2D eigenvalue weighted by atomic mass is 10.3. The molecule has 0 atom stereocenters. The van der Waals surface area contributed by atoms with Crippen LogP contribution in [0.25, 0.3) is 9.40 Å². The standard InChI is InChI=1S/C9H6ClNO2S2/c1-13-11-8(9(10)12)7-4-6-5(15-7)2-3-14-6/h2-4H,1H3/b11-8+. The second kappa shape index (κ2) is 4.30. The molecule has 0 aliphatic carbocycles. The van der Waals surface area contributed by atoms with Crippen molar-refractivity contribution in [1.29, 1.82) is 0 Å². The van der Waals surface area contributed by atoms with Crippen LogP contribution in [0.1, 0.15) is 4.88 Å². The highest BCUT2D eigenvalue weighted by Crippen LogP contribution is 2.30. The third-order valence-corrected chi connectivity index (χ3v) is 4.02. The van der Waals surface area contributed by atoms with E-state index in [1.807, 2.05) is 17.5 Å². The van der Waals surface area contributed by atoms with E-state index >= 15 is 0 Å². The van der Waals surface area contributed by atoms with E-state index in [4.69, 9.17) is 11.6 Å². The summed E-state index contributed by atoms with van der Waals surface area (Å²) in [5.41, 5.74) is 0.160. The summed E-state index contributed by atoms with van der Waals surface area (Å²) in [6, 6.07) is 3.89. The quantitative estimate of drug-likeness (QED) is 0.483. The second-order valence-electron chi connectivity index (χ2n) is 2.66. The Bertz CT molecular complexity index is 500. The molecule has 2 rings (SSSR count). The van der Waals surface area contributed by atoms with Crippen molar-refractivity contribution in [2.45, 2.75) is 0 Å². The van der Waals surface area contributed by atoms with Crippen LogP contribution in [-0.4, -0.2) is 18.1 Å². The highest BCUT2D eigenvalue weighted by molar-refractivity contribution is 7.28. The lowest BCUT2D eigenvalue weighted by Crippen LogP contribution is -2.07. The van der Waals surface area contributed by atoms with E-state index in [0.29, 0.717) is 0 Å². The fourth-order valence-electron chi connectivity index (χ4n) is 1.15. The summed E-state index contributed by atoms with van der Waals surface area (Å²) in [4.78, 5) is 16.4. The van der Waals surface area contributed by atoms with Gasteiger partial charge in [0.05, 0.1) is 4.88 Å². The van der Waals surface area contributed by atoms with Crippen molar-refractivity contribution in [2.75, 3.05) is 7.11 Å². The number of nitrogens with zero attached hydrogens (tertiary/aromatic N) is 1. The van der Waals surface area contributed by atoms with Crippen LogP contribution in [0, 0.1) is 0 Å². The van der Waals surface area contributed by atoms with E-state index in [-0.39, 0.29) is 5.71 Å². The van der Waals surface area contributed by atoms with Gasteiger partial charge in [0.2, 0.25) is 0 Å². The third-order valence-electron chi connectivity index (χ3n) is 1.74. The first kappa shape index (κ1) is 10.6. The second-order valence-corrected chi connectivity index (χ2v) is 5.03. The third kappa shape index (κ3) is 2.04. The monoisotopic (exact) mass is 259 g/mol. The molecular formula is C9H6ClNO2S2. The molecular weight excluding hydrogens is 254 g/mol. The molecule has 0 aromatic carbocycles. The van der Waals surface area contributed by atoms with Gasteiger partial charge in [0.25, 0.3) is 5.24 Å². The Hall–Kier alpha value is -0.910. The molecule has 78 valence electrons. The molecule has 0 saturated heterocycles. The van der Waals surface area contributed by atoms with Gasteiger partial charge in [-0.1, -0.05) is 5.16 Å². The maximum atomic E-state index is 11.1. The molecule has 2 heterocycles. The summed E-state index contributed by atoms with van der Waals surface area (Å²) in [7, 11) is 1.38. The highest BCUT2D eigenvalue weighted by Gasteiger charge is 2.16. The minimum absolute atomic E-state index is 0.160. The molecule has 0 N–H and O–H groups in total. The molecule has 2 aromatic rings. The summed E-state index contributed by atoms with van der Waals surface area (Å²) < 4.78 is 2.24. The summed E-state index contributed by atoms with van der Waals surface area (Å²) in [5.74, 6) is 0. The zero-order valence-corrected chi connectivity index (χ0v) is 10.1. The van der Waals surface area contributed by atoms with Crippen LogP contribution in [-0.2, 0) is 9.63 Å². The van der Waals surface area contributed by atoms with Gasteiger partial charge in [-0.15, -0.1) is 22.7 Å². The largest absolute Gasteiger partial charge is 0.398 e. The van der Waals surface area contributed by atoms with E-state index in [1.165, 1.54) is 18.4 Å². The molecule has 0 spiro atoms. The van der Waals surface area contributed by atoms with Crippen LogP contribution in [0.5, 0.6) is 0 Å². The van der Waals surface area contributed by atoms with Gasteiger partial charge in [-0.05, 0) is 29.1 Å². The molecule has 0 radical (unpaired) electrons. The maximum absolute atomic E-state index is 11.1. The van der Waals surface area contributed by atoms with Crippen molar-refractivity contribution in [3.63, 3.8) is 0 Å². The van der Waals surface area contributed by atoms with Crippen molar-refractivity contribution in [2.24, 2.45) is 5.16 Å². The number of hydrogen-bond acceptors (Lipinski definition) is 5. The number of fused-ring (bicyclic) bond motifs is 1. The molecule has 2 aromatic heterocycles. The minimum atomic E-state index is -0.606. The number of oxime groups is 1. The van der Waals surface area contributed by atoms with E-state index in [2.05, 4.69) is 9.99 Å². The van der Waals surface area contributed by atoms with E-state index in [9.17, 15) is 4.79 Å². The Labute approximate surface area is 98.9 Å². The van der Waals surface area contributed by atoms with Gasteiger partial charge in [-0.25, -0.2) is 0 Å². The van der Waals surface area contributed by atoms with Crippen molar-refractivity contribution >= 4 is 54.6 Å². The Morgan fingerprint density at radius 1 is 1.53 bits per heavy atom. The molecule has 0 bridgehead atoms.